The van der Waals surface area contributed by atoms with Crippen molar-refractivity contribution in [2.24, 2.45) is 0 Å². The van der Waals surface area contributed by atoms with Crippen molar-refractivity contribution in [1.29, 1.82) is 0 Å². The molecule has 1 aromatic rings. The summed E-state index contributed by atoms with van der Waals surface area (Å²) in [4.78, 5) is 0.238. The summed E-state index contributed by atoms with van der Waals surface area (Å²) in [6, 6.07) is 8.33. The average molecular weight is 392 g/mol. The molecule has 3 nitrogen and oxygen atoms in total. The number of rotatable bonds is 13. The fraction of sp³-hybridized carbons (Fsp3) is 0.667. The third-order valence-corrected chi connectivity index (χ3v) is 5.09. The van der Waals surface area contributed by atoms with E-state index in [2.05, 4.69) is 6.92 Å². The Morgan fingerprint density at radius 2 is 1.26 bits per heavy atom. The van der Waals surface area contributed by atoms with Crippen LogP contribution in [0.3, 0.4) is 0 Å². The molecule has 0 heterocycles. The van der Waals surface area contributed by atoms with Gasteiger partial charge in [-0.05, 0) is 18.6 Å². The van der Waals surface area contributed by atoms with Crippen molar-refractivity contribution in [3.63, 3.8) is 0 Å². The van der Waals surface area contributed by atoms with Crippen molar-refractivity contribution in [3.05, 3.63) is 30.3 Å². The fourth-order valence-corrected chi connectivity index (χ4v) is 3.38. The zero-order valence-electron chi connectivity index (χ0n) is 14.5. The molecular weight excluding hydrogens is 362 g/mol. The molecule has 0 unspecified atom stereocenters. The molecule has 0 aliphatic rings. The summed E-state index contributed by atoms with van der Waals surface area (Å²) in [6.45, 7) is 2.52. The topological polar surface area (TPSA) is 43.4 Å². The van der Waals surface area contributed by atoms with Crippen LogP contribution in [0.15, 0.2) is 35.2 Å². The number of hydrogen-bond donors (Lipinski definition) is 0. The molecule has 0 radical (unpaired) electrons. The molecule has 0 saturated carbocycles. The molecule has 0 saturated heterocycles. The summed E-state index contributed by atoms with van der Waals surface area (Å²) >= 11 is 0. The van der Waals surface area contributed by atoms with Crippen molar-refractivity contribution < 1.29 is 32.1 Å². The van der Waals surface area contributed by atoms with Crippen molar-refractivity contribution in [1.82, 2.24) is 0 Å². The number of unbranched alkanes of at least 4 members (excludes halogenated alkanes) is 9. The molecule has 23 heavy (non-hydrogen) atoms. The second kappa shape index (κ2) is 14.1. The summed E-state index contributed by atoms with van der Waals surface area (Å²) in [5.74, 6) is 0. The van der Waals surface area contributed by atoms with E-state index >= 15 is 0 Å². The van der Waals surface area contributed by atoms with E-state index in [1.807, 2.05) is 0 Å². The molecule has 128 valence electrons. The van der Waals surface area contributed by atoms with Crippen LogP contribution in [0, 0.1) is 0 Å². The minimum Gasteiger partial charge on any atom is -0.266 e. The van der Waals surface area contributed by atoms with Crippen molar-refractivity contribution in [2.45, 2.75) is 76.0 Å². The van der Waals surface area contributed by atoms with Crippen LogP contribution >= 0.6 is 0 Å². The molecule has 0 spiro atoms. The zero-order valence-corrected chi connectivity index (χ0v) is 18.3. The average Bonchev–Trinajstić information content (AvgIpc) is 2.53. The maximum absolute atomic E-state index is 11.9. The first-order valence-electron chi connectivity index (χ1n) is 8.61. The second-order valence-corrected chi connectivity index (χ2v) is 7.39. The fourth-order valence-electron chi connectivity index (χ4n) is 2.41. The van der Waals surface area contributed by atoms with E-state index in [4.69, 9.17) is 4.18 Å². The first-order valence-corrected chi connectivity index (χ1v) is 10.0. The van der Waals surface area contributed by atoms with Crippen LogP contribution in [-0.4, -0.2) is 15.0 Å². The van der Waals surface area contributed by atoms with Crippen molar-refractivity contribution in [3.8, 4) is 0 Å². The van der Waals surface area contributed by atoms with Gasteiger partial charge in [0.1, 0.15) is 0 Å². The normalized spacial score (nSPS) is 11.2. The first kappa shape index (κ1) is 22.8. The first-order chi connectivity index (χ1) is 10.7. The van der Waals surface area contributed by atoms with Crippen LogP contribution < -0.4 is 0 Å². The molecule has 1 rings (SSSR count). The van der Waals surface area contributed by atoms with Gasteiger partial charge in [-0.2, -0.15) is 8.42 Å². The third-order valence-electron chi connectivity index (χ3n) is 3.77. The maximum atomic E-state index is 11.9. The van der Waals surface area contributed by atoms with Gasteiger partial charge < -0.3 is 0 Å². The van der Waals surface area contributed by atoms with Crippen LogP contribution in [0.5, 0.6) is 0 Å². The quantitative estimate of drug-likeness (QED) is 0.260. The molecule has 0 aliphatic heterocycles. The van der Waals surface area contributed by atoms with E-state index in [9.17, 15) is 8.42 Å². The molecule has 0 bridgehead atoms. The molecule has 1 aromatic carbocycles. The predicted octanol–water partition coefficient (Wildman–Crippen LogP) is 5.31. The van der Waals surface area contributed by atoms with Gasteiger partial charge in [-0.25, -0.2) is 0 Å². The molecule has 0 N–H and O–H groups in total. The maximum Gasteiger partial charge on any atom is 0.296 e. The van der Waals surface area contributed by atoms with Gasteiger partial charge in [-0.15, -0.1) is 0 Å². The minimum atomic E-state index is -3.57. The monoisotopic (exact) mass is 390 g/mol. The molecule has 0 atom stereocenters. The Labute approximate surface area is 155 Å². The SMILES string of the molecule is CCCCCCCCCCCCOS(=O)(=O)c1ccccc1.[Zn]. The van der Waals surface area contributed by atoms with Crippen LogP contribution in [0.1, 0.15) is 71.1 Å². The van der Waals surface area contributed by atoms with Crippen LogP contribution in [0.4, 0.5) is 0 Å². The molecule has 0 aromatic heterocycles. The molecule has 5 heteroatoms. The Morgan fingerprint density at radius 3 is 1.78 bits per heavy atom. The number of hydrogen-bond acceptors (Lipinski definition) is 3. The van der Waals surface area contributed by atoms with Gasteiger partial charge >= 0.3 is 0 Å². The largest absolute Gasteiger partial charge is 0.296 e. The summed E-state index contributed by atoms with van der Waals surface area (Å²) < 4.78 is 28.8. The van der Waals surface area contributed by atoms with Gasteiger partial charge in [0.05, 0.1) is 11.5 Å². The van der Waals surface area contributed by atoms with Crippen molar-refractivity contribution >= 4 is 10.1 Å². The number of benzene rings is 1. The van der Waals surface area contributed by atoms with Gasteiger partial charge in [-0.3, -0.25) is 4.18 Å². The van der Waals surface area contributed by atoms with Crippen LogP contribution in [0.25, 0.3) is 0 Å². The van der Waals surface area contributed by atoms with Gasteiger partial charge in [0, 0.05) is 19.5 Å². The van der Waals surface area contributed by atoms with Gasteiger partial charge in [0.25, 0.3) is 10.1 Å². The van der Waals surface area contributed by atoms with E-state index in [0.29, 0.717) is 0 Å². The van der Waals surface area contributed by atoms with Crippen LogP contribution in [0.2, 0.25) is 0 Å². The zero-order chi connectivity index (χ0) is 16.1. The Bertz CT molecular complexity index is 474. The van der Waals surface area contributed by atoms with Crippen LogP contribution in [-0.2, 0) is 33.8 Å². The van der Waals surface area contributed by atoms with Crippen molar-refractivity contribution in [2.75, 3.05) is 6.61 Å². The summed E-state index contributed by atoms with van der Waals surface area (Å²) in [7, 11) is -3.57. The Balaban J connectivity index is 0.00000484. The summed E-state index contributed by atoms with van der Waals surface area (Å²) in [5.41, 5.74) is 0. The van der Waals surface area contributed by atoms with E-state index in [1.54, 1.807) is 30.3 Å². The van der Waals surface area contributed by atoms with E-state index in [0.717, 1.165) is 12.8 Å². The molecule has 0 aliphatic carbocycles. The molecule has 0 amide bonds. The Morgan fingerprint density at radius 1 is 0.783 bits per heavy atom. The van der Waals surface area contributed by atoms with E-state index in [-0.39, 0.29) is 31.0 Å². The van der Waals surface area contributed by atoms with E-state index in [1.165, 1.54) is 51.4 Å². The second-order valence-electron chi connectivity index (χ2n) is 5.77. The summed E-state index contributed by atoms with van der Waals surface area (Å²) in [5, 5.41) is 0. The standard InChI is InChI=1S/C18H30O3S.Zn/c1-2-3-4-5-6-7-8-9-10-14-17-21-22(19,20)18-15-12-11-13-16-18;/h11-13,15-16H,2-10,14,17H2,1H3;. The smallest absolute Gasteiger partial charge is 0.266 e. The molecule has 0 fully saturated rings. The van der Waals surface area contributed by atoms with E-state index < -0.39 is 10.1 Å². The minimum absolute atomic E-state index is 0. The van der Waals surface area contributed by atoms with Gasteiger partial charge in [0.2, 0.25) is 0 Å². The van der Waals surface area contributed by atoms with Gasteiger partial charge in [0.15, 0.2) is 0 Å². The molecular formula is C18H30O3SZn. The third kappa shape index (κ3) is 11.0. The summed E-state index contributed by atoms with van der Waals surface area (Å²) in [6.07, 6.45) is 12.3. The predicted molar refractivity (Wildman–Crippen MR) is 91.4 cm³/mol. The van der Waals surface area contributed by atoms with Gasteiger partial charge in [-0.1, -0.05) is 82.9 Å². The Kier molecular flexibility index (Phi) is 14.0. The Hall–Kier alpha value is -0.247.